The number of benzene rings is 1. The molecule has 0 saturated heterocycles. The van der Waals surface area contributed by atoms with Gasteiger partial charge in [0.05, 0.1) is 16.8 Å². The van der Waals surface area contributed by atoms with Crippen LogP contribution in [0, 0.1) is 0 Å². The lowest BCUT2D eigenvalue weighted by Gasteiger charge is -2.00. The number of thiazole rings is 1. The maximum absolute atomic E-state index is 11.4. The van der Waals surface area contributed by atoms with E-state index in [0.717, 1.165) is 16.0 Å². The zero-order valence-electron chi connectivity index (χ0n) is 10.5. The van der Waals surface area contributed by atoms with E-state index < -0.39 is 0 Å². The van der Waals surface area contributed by atoms with Crippen LogP contribution in [0.1, 0.15) is 13.3 Å². The van der Waals surface area contributed by atoms with Crippen molar-refractivity contribution in [2.24, 2.45) is 5.73 Å². The number of anilines is 1. The van der Waals surface area contributed by atoms with Crippen molar-refractivity contribution >= 4 is 45.0 Å². The fraction of sp³-hybridized carbons (Fsp3) is 0.333. The second kappa shape index (κ2) is 7.28. The van der Waals surface area contributed by atoms with Crippen molar-refractivity contribution in [3.05, 3.63) is 18.2 Å². The first-order valence-electron chi connectivity index (χ1n) is 5.76. The van der Waals surface area contributed by atoms with Crippen LogP contribution in [0.2, 0.25) is 0 Å². The van der Waals surface area contributed by atoms with Crippen LogP contribution in [0.3, 0.4) is 0 Å². The smallest absolute Gasteiger partial charge is 0.227 e. The predicted octanol–water partition coefficient (Wildman–Crippen LogP) is 2.40. The second-order valence-electron chi connectivity index (χ2n) is 3.67. The molecule has 0 radical (unpaired) electrons. The minimum Gasteiger partial charge on any atom is -0.494 e. The molecule has 1 heterocycles. The van der Waals surface area contributed by atoms with Gasteiger partial charge in [0.15, 0.2) is 5.13 Å². The first-order valence-corrected chi connectivity index (χ1v) is 6.58. The predicted molar refractivity (Wildman–Crippen MR) is 80.3 cm³/mol. The molecule has 5 nitrogen and oxygen atoms in total. The lowest BCUT2D eigenvalue weighted by molar-refractivity contribution is -0.116. The highest BCUT2D eigenvalue weighted by Gasteiger charge is 2.07. The summed E-state index contributed by atoms with van der Waals surface area (Å²) in [5.74, 6) is 0.704. The molecule has 104 valence electrons. The number of nitrogens with two attached hydrogens (primary N) is 1. The molecule has 19 heavy (non-hydrogen) atoms. The average molecular weight is 302 g/mol. The number of hydrogen-bond acceptors (Lipinski definition) is 5. The minimum atomic E-state index is -0.110. The molecule has 2 aromatic rings. The maximum Gasteiger partial charge on any atom is 0.227 e. The number of carbonyl (C=O) groups is 1. The summed E-state index contributed by atoms with van der Waals surface area (Å²) in [7, 11) is 0. The number of nitrogens with zero attached hydrogens (tertiary/aromatic N) is 1. The van der Waals surface area contributed by atoms with Gasteiger partial charge in [-0.05, 0) is 25.1 Å². The Morgan fingerprint density at radius 2 is 2.32 bits per heavy atom. The van der Waals surface area contributed by atoms with E-state index in [0.29, 0.717) is 24.7 Å². The average Bonchev–Trinajstić information content (AvgIpc) is 2.71. The molecular weight excluding hydrogens is 286 g/mol. The van der Waals surface area contributed by atoms with Crippen molar-refractivity contribution in [1.29, 1.82) is 0 Å². The second-order valence-corrected chi connectivity index (χ2v) is 4.70. The van der Waals surface area contributed by atoms with Crippen LogP contribution < -0.4 is 15.8 Å². The number of fused-ring (bicyclic) bond motifs is 1. The Bertz CT molecular complexity index is 559. The highest BCUT2D eigenvalue weighted by molar-refractivity contribution is 7.22. The van der Waals surface area contributed by atoms with Crippen LogP contribution in [0.4, 0.5) is 5.13 Å². The summed E-state index contributed by atoms with van der Waals surface area (Å²) in [5.41, 5.74) is 6.17. The molecule has 3 N–H and O–H groups in total. The third-order valence-electron chi connectivity index (χ3n) is 2.29. The summed E-state index contributed by atoms with van der Waals surface area (Å²) in [4.78, 5) is 15.7. The van der Waals surface area contributed by atoms with E-state index in [2.05, 4.69) is 10.3 Å². The SMILES string of the molecule is CCOc1ccc2nc(NC(=O)CCN)sc2c1.Cl. The molecule has 0 fully saturated rings. The van der Waals surface area contributed by atoms with E-state index in [-0.39, 0.29) is 18.3 Å². The van der Waals surface area contributed by atoms with Crippen molar-refractivity contribution in [1.82, 2.24) is 4.98 Å². The minimum absolute atomic E-state index is 0. The summed E-state index contributed by atoms with van der Waals surface area (Å²) in [6.45, 7) is 2.91. The molecule has 0 saturated carbocycles. The molecule has 1 aromatic carbocycles. The zero-order valence-corrected chi connectivity index (χ0v) is 12.1. The molecule has 0 aliphatic carbocycles. The number of hydrogen-bond donors (Lipinski definition) is 2. The van der Waals surface area contributed by atoms with Gasteiger partial charge in [-0.1, -0.05) is 11.3 Å². The van der Waals surface area contributed by atoms with E-state index in [1.54, 1.807) is 0 Å². The molecule has 1 aromatic heterocycles. The molecule has 0 atom stereocenters. The van der Waals surface area contributed by atoms with Crippen molar-refractivity contribution in [2.45, 2.75) is 13.3 Å². The number of ether oxygens (including phenoxy) is 1. The molecule has 7 heteroatoms. The third-order valence-corrected chi connectivity index (χ3v) is 3.22. The van der Waals surface area contributed by atoms with Gasteiger partial charge in [0.25, 0.3) is 0 Å². The van der Waals surface area contributed by atoms with Crippen molar-refractivity contribution in [3.8, 4) is 5.75 Å². The largest absolute Gasteiger partial charge is 0.494 e. The molecule has 0 bridgehead atoms. The Hall–Kier alpha value is -1.37. The Labute approximate surface area is 121 Å². The normalized spacial score (nSPS) is 10.0. The molecule has 1 amide bonds. The van der Waals surface area contributed by atoms with Crippen LogP contribution in [0.25, 0.3) is 10.2 Å². The molecule has 0 unspecified atom stereocenters. The van der Waals surface area contributed by atoms with Crippen molar-refractivity contribution < 1.29 is 9.53 Å². The van der Waals surface area contributed by atoms with Gasteiger partial charge in [0.1, 0.15) is 5.75 Å². The van der Waals surface area contributed by atoms with Crippen LogP contribution in [-0.2, 0) is 4.79 Å². The van der Waals surface area contributed by atoms with Gasteiger partial charge in [-0.15, -0.1) is 12.4 Å². The quantitative estimate of drug-likeness (QED) is 0.889. The fourth-order valence-electron chi connectivity index (χ4n) is 1.53. The van der Waals surface area contributed by atoms with Gasteiger partial charge in [-0.25, -0.2) is 4.98 Å². The van der Waals surface area contributed by atoms with Gasteiger partial charge >= 0.3 is 0 Å². The molecule has 0 aliphatic heterocycles. The summed E-state index contributed by atoms with van der Waals surface area (Å²) >= 11 is 1.43. The maximum atomic E-state index is 11.4. The van der Waals surface area contributed by atoms with E-state index in [1.807, 2.05) is 25.1 Å². The number of aromatic nitrogens is 1. The Morgan fingerprint density at radius 1 is 1.53 bits per heavy atom. The molecule has 0 spiro atoms. The lowest BCUT2D eigenvalue weighted by Crippen LogP contribution is -2.15. The standard InChI is InChI=1S/C12H15N3O2S.ClH/c1-2-17-8-3-4-9-10(7-8)18-12(14-9)15-11(16)5-6-13;/h3-4,7H,2,5-6,13H2,1H3,(H,14,15,16);1H. The van der Waals surface area contributed by atoms with E-state index in [4.69, 9.17) is 10.5 Å². The van der Waals surface area contributed by atoms with Gasteiger partial charge in [-0.2, -0.15) is 0 Å². The van der Waals surface area contributed by atoms with Gasteiger partial charge in [0, 0.05) is 13.0 Å². The molecule has 0 aliphatic rings. The summed E-state index contributed by atoms with van der Waals surface area (Å²) in [6, 6.07) is 5.68. The Balaban J connectivity index is 0.00000180. The number of nitrogens with one attached hydrogen (secondary N) is 1. The molecular formula is C12H16ClN3O2S. The van der Waals surface area contributed by atoms with Crippen LogP contribution in [0.15, 0.2) is 18.2 Å². The monoisotopic (exact) mass is 301 g/mol. The first-order chi connectivity index (χ1) is 8.72. The van der Waals surface area contributed by atoms with Gasteiger partial charge in [0.2, 0.25) is 5.91 Å². The van der Waals surface area contributed by atoms with Crippen molar-refractivity contribution in [3.63, 3.8) is 0 Å². The van der Waals surface area contributed by atoms with Gasteiger partial charge < -0.3 is 15.8 Å². The Kier molecular flexibility index (Phi) is 6.01. The van der Waals surface area contributed by atoms with Crippen molar-refractivity contribution in [2.75, 3.05) is 18.5 Å². The van der Waals surface area contributed by atoms with E-state index in [1.165, 1.54) is 11.3 Å². The highest BCUT2D eigenvalue weighted by atomic mass is 35.5. The van der Waals surface area contributed by atoms with E-state index in [9.17, 15) is 4.79 Å². The van der Waals surface area contributed by atoms with Gasteiger partial charge in [-0.3, -0.25) is 4.79 Å². The number of amides is 1. The third kappa shape index (κ3) is 4.05. The molecule has 2 rings (SSSR count). The fourth-order valence-corrected chi connectivity index (χ4v) is 2.44. The first kappa shape index (κ1) is 15.7. The van der Waals surface area contributed by atoms with Crippen LogP contribution in [-0.4, -0.2) is 24.0 Å². The summed E-state index contributed by atoms with van der Waals surface area (Å²) < 4.78 is 6.41. The topological polar surface area (TPSA) is 77.2 Å². The number of rotatable bonds is 5. The van der Waals surface area contributed by atoms with Crippen LogP contribution in [0.5, 0.6) is 5.75 Å². The number of carbonyl (C=O) groups excluding carboxylic acids is 1. The summed E-state index contributed by atoms with van der Waals surface area (Å²) in [6.07, 6.45) is 0.306. The zero-order chi connectivity index (χ0) is 13.0. The highest BCUT2D eigenvalue weighted by Crippen LogP contribution is 2.29. The number of halogens is 1. The lowest BCUT2D eigenvalue weighted by atomic mass is 10.3. The Morgan fingerprint density at radius 3 is 3.00 bits per heavy atom. The van der Waals surface area contributed by atoms with E-state index >= 15 is 0 Å². The summed E-state index contributed by atoms with van der Waals surface area (Å²) in [5, 5.41) is 3.33. The van der Waals surface area contributed by atoms with Crippen LogP contribution >= 0.6 is 23.7 Å².